The van der Waals surface area contributed by atoms with Crippen molar-refractivity contribution in [2.75, 3.05) is 4.90 Å². The van der Waals surface area contributed by atoms with Gasteiger partial charge < -0.3 is 4.90 Å². The Balaban J connectivity index is 1.43. The standard InChI is InChI=1S/C34H23NS/c1-2-13-28(14-3-1)35(32-18-9-17-31-30-16-6-7-19-33(30)36-34(31)32)29-15-8-12-26(23-29)27-21-20-24-10-4-5-11-25(24)22-27/h1-23H. The van der Waals surface area contributed by atoms with Gasteiger partial charge in [-0.3, -0.25) is 0 Å². The summed E-state index contributed by atoms with van der Waals surface area (Å²) >= 11 is 1.87. The fourth-order valence-electron chi connectivity index (χ4n) is 5.11. The van der Waals surface area contributed by atoms with E-state index in [-0.39, 0.29) is 0 Å². The summed E-state index contributed by atoms with van der Waals surface area (Å²) in [6.45, 7) is 0. The molecular formula is C34H23NS. The highest BCUT2D eigenvalue weighted by Gasteiger charge is 2.18. The predicted molar refractivity (Wildman–Crippen MR) is 157 cm³/mol. The van der Waals surface area contributed by atoms with Gasteiger partial charge in [-0.15, -0.1) is 11.3 Å². The second kappa shape index (κ2) is 8.67. The van der Waals surface area contributed by atoms with Crippen molar-refractivity contribution < 1.29 is 0 Å². The minimum atomic E-state index is 1.15. The van der Waals surface area contributed by atoms with E-state index in [0.29, 0.717) is 0 Å². The smallest absolute Gasteiger partial charge is 0.0640 e. The van der Waals surface area contributed by atoms with Gasteiger partial charge in [0.2, 0.25) is 0 Å². The van der Waals surface area contributed by atoms with E-state index in [1.807, 2.05) is 11.3 Å². The van der Waals surface area contributed by atoms with E-state index in [1.165, 1.54) is 47.8 Å². The monoisotopic (exact) mass is 477 g/mol. The van der Waals surface area contributed by atoms with Gasteiger partial charge >= 0.3 is 0 Å². The van der Waals surface area contributed by atoms with Crippen molar-refractivity contribution in [2.24, 2.45) is 0 Å². The molecule has 1 nitrogen and oxygen atoms in total. The van der Waals surface area contributed by atoms with Crippen molar-refractivity contribution in [1.82, 2.24) is 0 Å². The van der Waals surface area contributed by atoms with Gasteiger partial charge in [-0.05, 0) is 64.4 Å². The SMILES string of the molecule is c1ccc(N(c2cccc(-c3ccc4ccccc4c3)c2)c2cccc3c2sc2ccccc23)cc1. The molecule has 0 fully saturated rings. The molecule has 2 heteroatoms. The van der Waals surface area contributed by atoms with Crippen LogP contribution < -0.4 is 4.90 Å². The van der Waals surface area contributed by atoms with Crippen LogP contribution in [-0.2, 0) is 0 Å². The minimum Gasteiger partial charge on any atom is -0.309 e. The van der Waals surface area contributed by atoms with Crippen molar-refractivity contribution >= 4 is 59.3 Å². The maximum Gasteiger partial charge on any atom is 0.0640 e. The van der Waals surface area contributed by atoms with E-state index < -0.39 is 0 Å². The topological polar surface area (TPSA) is 3.24 Å². The Labute approximate surface area is 214 Å². The van der Waals surface area contributed by atoms with E-state index in [4.69, 9.17) is 0 Å². The van der Waals surface area contributed by atoms with Crippen molar-refractivity contribution in [1.29, 1.82) is 0 Å². The van der Waals surface area contributed by atoms with Crippen LogP contribution >= 0.6 is 11.3 Å². The number of nitrogens with zero attached hydrogens (tertiary/aromatic N) is 1. The second-order valence-corrected chi connectivity index (χ2v) is 10.1. The molecule has 0 aliphatic carbocycles. The lowest BCUT2D eigenvalue weighted by Gasteiger charge is -2.26. The predicted octanol–water partition coefficient (Wildman–Crippen LogP) is 10.3. The molecule has 0 radical (unpaired) electrons. The maximum atomic E-state index is 2.39. The minimum absolute atomic E-state index is 1.15. The molecule has 36 heavy (non-hydrogen) atoms. The van der Waals surface area contributed by atoms with E-state index in [2.05, 4.69) is 144 Å². The Bertz CT molecular complexity index is 1850. The highest BCUT2D eigenvalue weighted by molar-refractivity contribution is 7.26. The molecule has 170 valence electrons. The van der Waals surface area contributed by atoms with Crippen LogP contribution in [0, 0.1) is 0 Å². The largest absolute Gasteiger partial charge is 0.309 e. The third-order valence-electron chi connectivity index (χ3n) is 6.83. The number of rotatable bonds is 4. The molecule has 0 spiro atoms. The number of fused-ring (bicyclic) bond motifs is 4. The zero-order valence-electron chi connectivity index (χ0n) is 19.6. The number of benzene rings is 6. The molecule has 0 amide bonds. The molecule has 0 bridgehead atoms. The quantitative estimate of drug-likeness (QED) is 0.244. The summed E-state index contributed by atoms with van der Waals surface area (Å²) in [6.07, 6.45) is 0. The zero-order chi connectivity index (χ0) is 23.9. The molecule has 0 N–H and O–H groups in total. The molecule has 6 aromatic carbocycles. The van der Waals surface area contributed by atoms with Gasteiger partial charge in [0, 0.05) is 26.8 Å². The van der Waals surface area contributed by atoms with E-state index >= 15 is 0 Å². The Kier molecular flexibility index (Phi) is 5.04. The molecule has 0 saturated heterocycles. The van der Waals surface area contributed by atoms with Crippen LogP contribution in [0.2, 0.25) is 0 Å². The van der Waals surface area contributed by atoms with Gasteiger partial charge in [0.05, 0.1) is 10.4 Å². The fraction of sp³-hybridized carbons (Fsp3) is 0. The van der Waals surface area contributed by atoms with Crippen LogP contribution in [0.3, 0.4) is 0 Å². The van der Waals surface area contributed by atoms with Gasteiger partial charge in [0.25, 0.3) is 0 Å². The van der Waals surface area contributed by atoms with Crippen LogP contribution in [0.25, 0.3) is 42.1 Å². The summed E-state index contributed by atoms with van der Waals surface area (Å²) in [6, 6.07) is 50.2. The maximum absolute atomic E-state index is 2.39. The van der Waals surface area contributed by atoms with Crippen LogP contribution in [0.4, 0.5) is 17.1 Å². The molecule has 0 unspecified atom stereocenters. The average molecular weight is 478 g/mol. The Morgan fingerprint density at radius 1 is 0.444 bits per heavy atom. The molecule has 7 rings (SSSR count). The Hall–Kier alpha value is -4.40. The molecule has 1 heterocycles. The summed E-state index contributed by atoms with van der Waals surface area (Å²) in [7, 11) is 0. The summed E-state index contributed by atoms with van der Waals surface area (Å²) in [4.78, 5) is 2.39. The van der Waals surface area contributed by atoms with Crippen molar-refractivity contribution in [3.05, 3.63) is 140 Å². The van der Waals surface area contributed by atoms with Crippen molar-refractivity contribution in [3.8, 4) is 11.1 Å². The van der Waals surface area contributed by atoms with E-state index in [9.17, 15) is 0 Å². The lowest BCUT2D eigenvalue weighted by atomic mass is 10.0. The number of para-hydroxylation sites is 1. The third-order valence-corrected chi connectivity index (χ3v) is 8.04. The lowest BCUT2D eigenvalue weighted by Crippen LogP contribution is -2.10. The van der Waals surface area contributed by atoms with Crippen molar-refractivity contribution in [3.63, 3.8) is 0 Å². The van der Waals surface area contributed by atoms with Gasteiger partial charge in [-0.2, -0.15) is 0 Å². The first kappa shape index (κ1) is 20.9. The molecular weight excluding hydrogens is 454 g/mol. The van der Waals surface area contributed by atoms with E-state index in [1.54, 1.807) is 0 Å². The fourth-order valence-corrected chi connectivity index (χ4v) is 6.31. The van der Waals surface area contributed by atoms with Crippen molar-refractivity contribution in [2.45, 2.75) is 0 Å². The first-order valence-electron chi connectivity index (χ1n) is 12.2. The van der Waals surface area contributed by atoms with Crippen LogP contribution in [0.15, 0.2) is 140 Å². The first-order chi connectivity index (χ1) is 17.8. The summed E-state index contributed by atoms with van der Waals surface area (Å²) in [5.74, 6) is 0. The lowest BCUT2D eigenvalue weighted by molar-refractivity contribution is 1.30. The Morgan fingerprint density at radius 2 is 1.14 bits per heavy atom. The van der Waals surface area contributed by atoms with Gasteiger partial charge in [0.1, 0.15) is 0 Å². The number of anilines is 3. The average Bonchev–Trinajstić information content (AvgIpc) is 3.33. The molecule has 0 atom stereocenters. The summed E-state index contributed by atoms with van der Waals surface area (Å²) in [5, 5.41) is 5.15. The Morgan fingerprint density at radius 3 is 2.06 bits per heavy atom. The van der Waals surface area contributed by atoms with Crippen LogP contribution in [0.5, 0.6) is 0 Å². The molecule has 0 aliphatic rings. The first-order valence-corrected chi connectivity index (χ1v) is 13.0. The number of hydrogen-bond donors (Lipinski definition) is 0. The summed E-state index contributed by atoms with van der Waals surface area (Å²) in [5.41, 5.74) is 5.94. The number of hydrogen-bond acceptors (Lipinski definition) is 2. The highest BCUT2D eigenvalue weighted by atomic mass is 32.1. The van der Waals surface area contributed by atoms with Gasteiger partial charge in [-0.1, -0.05) is 97.1 Å². The second-order valence-electron chi connectivity index (χ2n) is 9.04. The molecule has 7 aromatic rings. The third kappa shape index (κ3) is 3.55. The van der Waals surface area contributed by atoms with E-state index in [0.717, 1.165) is 11.4 Å². The normalized spacial score (nSPS) is 11.3. The van der Waals surface area contributed by atoms with Gasteiger partial charge in [0.15, 0.2) is 0 Å². The molecule has 0 aliphatic heterocycles. The highest BCUT2D eigenvalue weighted by Crippen LogP contribution is 2.45. The number of thiophene rings is 1. The van der Waals surface area contributed by atoms with Crippen LogP contribution in [-0.4, -0.2) is 0 Å². The summed E-state index contributed by atoms with van der Waals surface area (Å²) < 4.78 is 2.62. The van der Waals surface area contributed by atoms with Gasteiger partial charge in [-0.25, -0.2) is 0 Å². The molecule has 0 saturated carbocycles. The zero-order valence-corrected chi connectivity index (χ0v) is 20.5. The molecule has 1 aromatic heterocycles. The van der Waals surface area contributed by atoms with Crippen LogP contribution in [0.1, 0.15) is 0 Å².